The second kappa shape index (κ2) is 11.4. The maximum Gasteiger partial charge on any atom is 0.189 e. The summed E-state index contributed by atoms with van der Waals surface area (Å²) in [7, 11) is 0. The van der Waals surface area contributed by atoms with Crippen LogP contribution in [0.5, 0.6) is 11.5 Å². The summed E-state index contributed by atoms with van der Waals surface area (Å²) in [5.41, 5.74) is 2.67. The predicted octanol–water partition coefficient (Wildman–Crippen LogP) is 7.42. The minimum absolute atomic E-state index is 0.344. The molecule has 2 bridgehead atoms. The zero-order valence-corrected chi connectivity index (χ0v) is 19.5. The number of phenols is 1. The van der Waals surface area contributed by atoms with Gasteiger partial charge in [-0.25, -0.2) is 0 Å². The van der Waals surface area contributed by atoms with E-state index in [4.69, 9.17) is 14.6 Å². The molecule has 2 aromatic carbocycles. The van der Waals surface area contributed by atoms with Crippen LogP contribution in [0.3, 0.4) is 0 Å². The van der Waals surface area contributed by atoms with Crippen molar-refractivity contribution < 1.29 is 14.6 Å². The molecule has 5 unspecified atom stereocenters. The highest BCUT2D eigenvalue weighted by atomic mass is 16.7. The molecule has 1 fully saturated rings. The van der Waals surface area contributed by atoms with Gasteiger partial charge in [0, 0.05) is 5.92 Å². The normalized spacial score (nSPS) is 23.2. The maximum absolute atomic E-state index is 9.01. The molecular formula is C28H38O3. The van der Waals surface area contributed by atoms with Gasteiger partial charge in [-0.05, 0) is 78.8 Å². The van der Waals surface area contributed by atoms with Gasteiger partial charge in [0.25, 0.3) is 0 Å². The molecule has 4 rings (SSSR count). The van der Waals surface area contributed by atoms with Crippen LogP contribution >= 0.6 is 0 Å². The molecule has 31 heavy (non-hydrogen) atoms. The van der Waals surface area contributed by atoms with E-state index in [-0.39, 0.29) is 0 Å². The summed E-state index contributed by atoms with van der Waals surface area (Å²) < 4.78 is 11.6. The van der Waals surface area contributed by atoms with Crippen LogP contribution in [0.1, 0.15) is 76.3 Å². The second-order valence-corrected chi connectivity index (χ2v) is 9.03. The molecule has 1 saturated carbocycles. The van der Waals surface area contributed by atoms with E-state index in [1.165, 1.54) is 24.0 Å². The average molecular weight is 423 g/mol. The summed E-state index contributed by atoms with van der Waals surface area (Å²) in [6.07, 6.45) is 9.75. The van der Waals surface area contributed by atoms with Crippen molar-refractivity contribution in [2.75, 3.05) is 6.79 Å². The first-order valence-corrected chi connectivity index (χ1v) is 11.8. The minimum Gasteiger partial charge on any atom is -0.508 e. The molecule has 0 radical (unpaired) electrons. The monoisotopic (exact) mass is 422 g/mol. The second-order valence-electron chi connectivity index (χ2n) is 9.03. The molecule has 2 aliphatic rings. The van der Waals surface area contributed by atoms with Crippen molar-refractivity contribution in [3.05, 3.63) is 71.8 Å². The molecule has 3 heteroatoms. The molecule has 168 valence electrons. The van der Waals surface area contributed by atoms with E-state index in [1.54, 1.807) is 12.1 Å². The van der Waals surface area contributed by atoms with E-state index in [2.05, 4.69) is 52.0 Å². The number of allylic oxidation sites excluding steroid dienone is 1. The third kappa shape index (κ3) is 6.61. The van der Waals surface area contributed by atoms with Crippen LogP contribution < -0.4 is 4.74 Å². The Kier molecular flexibility index (Phi) is 8.60. The van der Waals surface area contributed by atoms with Crippen molar-refractivity contribution in [1.82, 2.24) is 0 Å². The van der Waals surface area contributed by atoms with Crippen LogP contribution in [0.4, 0.5) is 0 Å². The van der Waals surface area contributed by atoms with E-state index < -0.39 is 0 Å². The molecule has 5 atom stereocenters. The smallest absolute Gasteiger partial charge is 0.189 e. The van der Waals surface area contributed by atoms with E-state index >= 15 is 0 Å². The van der Waals surface area contributed by atoms with E-state index in [0.29, 0.717) is 36.4 Å². The number of hydrogen-bond acceptors (Lipinski definition) is 3. The van der Waals surface area contributed by atoms with Crippen LogP contribution in [0.25, 0.3) is 0 Å². The lowest BCUT2D eigenvalue weighted by molar-refractivity contribution is -0.0459. The Morgan fingerprint density at radius 1 is 0.839 bits per heavy atom. The lowest BCUT2D eigenvalue weighted by Crippen LogP contribution is -2.20. The molecule has 0 saturated heterocycles. The SMILES string of the molecule is CCC(C)c1ccc(O)cc1.CCC(C)c1ccc(OCOC2CC3C=CC2C3)cc1. The van der Waals surface area contributed by atoms with Gasteiger partial charge in [0.05, 0.1) is 6.10 Å². The van der Waals surface area contributed by atoms with E-state index in [0.717, 1.165) is 24.5 Å². The van der Waals surface area contributed by atoms with E-state index in [9.17, 15) is 0 Å². The minimum atomic E-state index is 0.344. The number of hydrogen-bond donors (Lipinski definition) is 1. The van der Waals surface area contributed by atoms with Gasteiger partial charge in [-0.2, -0.15) is 0 Å². The van der Waals surface area contributed by atoms with Gasteiger partial charge in [-0.1, -0.05) is 64.1 Å². The quantitative estimate of drug-likeness (QED) is 0.355. The van der Waals surface area contributed by atoms with Crippen LogP contribution in [-0.2, 0) is 4.74 Å². The van der Waals surface area contributed by atoms with Crippen molar-refractivity contribution in [3.8, 4) is 11.5 Å². The van der Waals surface area contributed by atoms with Crippen molar-refractivity contribution in [2.45, 2.75) is 71.3 Å². The summed E-state index contributed by atoms with van der Waals surface area (Å²) >= 11 is 0. The lowest BCUT2D eigenvalue weighted by Gasteiger charge is -2.19. The van der Waals surface area contributed by atoms with Crippen molar-refractivity contribution in [3.63, 3.8) is 0 Å². The molecule has 0 amide bonds. The Labute approximate surface area is 188 Å². The molecule has 0 aliphatic heterocycles. The number of fused-ring (bicyclic) bond motifs is 2. The lowest BCUT2D eigenvalue weighted by atomic mass is 9.99. The Bertz CT molecular complexity index is 809. The standard InChI is InChI=1S/C18H24O2.C10H14O/c1-3-13(2)15-6-8-17(9-7-15)19-12-20-18-11-14-4-5-16(18)10-14;1-3-8(2)9-4-6-10(11)7-5-9/h4-9,13-14,16,18H,3,10-12H2,1-2H3;4-8,11H,3H2,1-2H3. The third-order valence-electron chi connectivity index (χ3n) is 6.86. The number of rotatable bonds is 8. The summed E-state index contributed by atoms with van der Waals surface area (Å²) in [4.78, 5) is 0. The zero-order valence-electron chi connectivity index (χ0n) is 19.5. The van der Waals surface area contributed by atoms with Crippen molar-refractivity contribution in [2.24, 2.45) is 11.8 Å². The topological polar surface area (TPSA) is 38.7 Å². The van der Waals surface area contributed by atoms with Crippen molar-refractivity contribution in [1.29, 1.82) is 0 Å². The van der Waals surface area contributed by atoms with Gasteiger partial charge in [-0.3, -0.25) is 0 Å². The Morgan fingerprint density at radius 3 is 1.90 bits per heavy atom. The Hall–Kier alpha value is -2.26. The zero-order chi connectivity index (χ0) is 22.2. The highest BCUT2D eigenvalue weighted by Crippen LogP contribution is 2.40. The Morgan fingerprint density at radius 2 is 1.42 bits per heavy atom. The van der Waals surface area contributed by atoms with E-state index in [1.807, 2.05) is 24.3 Å². The van der Waals surface area contributed by atoms with Crippen LogP contribution in [0, 0.1) is 11.8 Å². The van der Waals surface area contributed by atoms with Gasteiger partial charge in [0.15, 0.2) is 6.79 Å². The highest BCUT2D eigenvalue weighted by molar-refractivity contribution is 5.29. The first-order chi connectivity index (χ1) is 15.0. The van der Waals surface area contributed by atoms with Gasteiger partial charge >= 0.3 is 0 Å². The third-order valence-corrected chi connectivity index (χ3v) is 6.86. The van der Waals surface area contributed by atoms with Gasteiger partial charge < -0.3 is 14.6 Å². The van der Waals surface area contributed by atoms with Crippen LogP contribution in [-0.4, -0.2) is 18.0 Å². The number of ether oxygens (including phenoxy) is 2. The predicted molar refractivity (Wildman–Crippen MR) is 128 cm³/mol. The summed E-state index contributed by atoms with van der Waals surface area (Å²) in [6, 6.07) is 15.8. The summed E-state index contributed by atoms with van der Waals surface area (Å²) in [6.45, 7) is 9.18. The molecule has 2 aliphatic carbocycles. The summed E-state index contributed by atoms with van der Waals surface area (Å²) in [5, 5.41) is 9.01. The van der Waals surface area contributed by atoms with Crippen molar-refractivity contribution >= 4 is 0 Å². The molecule has 3 nitrogen and oxygen atoms in total. The number of phenolic OH excluding ortho intramolecular Hbond substituents is 1. The van der Waals surface area contributed by atoms with Crippen LogP contribution in [0.15, 0.2) is 60.7 Å². The van der Waals surface area contributed by atoms with Gasteiger partial charge in [-0.15, -0.1) is 0 Å². The number of aromatic hydroxyl groups is 1. The first kappa shape index (κ1) is 23.4. The molecule has 0 aromatic heterocycles. The molecule has 2 aromatic rings. The highest BCUT2D eigenvalue weighted by Gasteiger charge is 2.36. The molecule has 0 heterocycles. The fourth-order valence-corrected chi connectivity index (χ4v) is 4.28. The van der Waals surface area contributed by atoms with Gasteiger partial charge in [0.2, 0.25) is 0 Å². The van der Waals surface area contributed by atoms with Crippen LogP contribution in [0.2, 0.25) is 0 Å². The molecule has 1 N–H and O–H groups in total. The summed E-state index contributed by atoms with van der Waals surface area (Å²) in [5.74, 6) is 3.82. The van der Waals surface area contributed by atoms with Gasteiger partial charge in [0.1, 0.15) is 11.5 Å². The average Bonchev–Trinajstić information content (AvgIpc) is 3.43. The fourth-order valence-electron chi connectivity index (χ4n) is 4.28. The maximum atomic E-state index is 9.01. The largest absolute Gasteiger partial charge is 0.508 e. The molecular weight excluding hydrogens is 384 g/mol. The Balaban J connectivity index is 0.000000210. The number of benzene rings is 2. The first-order valence-electron chi connectivity index (χ1n) is 11.8. The molecule has 0 spiro atoms. The fraction of sp³-hybridized carbons (Fsp3) is 0.500.